The molecule has 0 amide bonds. The summed E-state index contributed by atoms with van der Waals surface area (Å²) >= 11 is 1.73. The van der Waals surface area contributed by atoms with E-state index in [1.165, 1.54) is 0 Å². The Kier molecular flexibility index (Phi) is 8.49. The highest BCUT2D eigenvalue weighted by Crippen LogP contribution is 1.98. The molecule has 17 heavy (non-hydrogen) atoms. The van der Waals surface area contributed by atoms with E-state index in [1.54, 1.807) is 11.8 Å². The maximum Gasteiger partial charge on any atom is 0.0791 e. The summed E-state index contributed by atoms with van der Waals surface area (Å²) in [6.07, 6.45) is 4.85. The zero-order chi connectivity index (χ0) is 12.3. The van der Waals surface area contributed by atoms with Gasteiger partial charge >= 0.3 is 0 Å². The molecule has 1 saturated heterocycles. The van der Waals surface area contributed by atoms with Crippen LogP contribution in [0.1, 0.15) is 0 Å². The standard InChI is InChI=1S/C12H22N2O2S/c1-2-8-17-9-3-13-10-12(15)11-14-4-6-16-7-5-14/h1,12-13,15H,3-11H2. The number of thioether (sulfide) groups is 1. The third-order valence-corrected chi connectivity index (χ3v) is 3.42. The minimum atomic E-state index is -0.300. The quantitative estimate of drug-likeness (QED) is 0.460. The molecule has 98 valence electrons. The monoisotopic (exact) mass is 258 g/mol. The zero-order valence-corrected chi connectivity index (χ0v) is 11.0. The fraction of sp³-hybridized carbons (Fsp3) is 0.833. The topological polar surface area (TPSA) is 44.7 Å². The summed E-state index contributed by atoms with van der Waals surface area (Å²) in [6, 6.07) is 0. The van der Waals surface area contributed by atoms with Crippen molar-refractivity contribution >= 4 is 11.8 Å². The molecule has 2 N–H and O–H groups in total. The second-order valence-corrected chi connectivity index (χ2v) is 5.13. The lowest BCUT2D eigenvalue weighted by Crippen LogP contribution is -2.44. The summed E-state index contributed by atoms with van der Waals surface area (Å²) < 4.78 is 5.26. The van der Waals surface area contributed by atoms with Gasteiger partial charge in [0.2, 0.25) is 0 Å². The summed E-state index contributed by atoms with van der Waals surface area (Å²) in [5, 5.41) is 13.1. The average Bonchev–Trinajstić information content (AvgIpc) is 2.35. The fourth-order valence-corrected chi connectivity index (χ4v) is 2.24. The van der Waals surface area contributed by atoms with E-state index < -0.39 is 0 Å². The number of nitrogens with zero attached hydrogens (tertiary/aromatic N) is 1. The van der Waals surface area contributed by atoms with Crippen LogP contribution in [-0.4, -0.2) is 73.6 Å². The van der Waals surface area contributed by atoms with Gasteiger partial charge in [0.1, 0.15) is 0 Å². The minimum Gasteiger partial charge on any atom is -0.390 e. The van der Waals surface area contributed by atoms with Gasteiger partial charge in [-0.3, -0.25) is 4.90 Å². The Hall–Kier alpha value is -0.250. The first-order chi connectivity index (χ1) is 8.33. The number of morpholine rings is 1. The van der Waals surface area contributed by atoms with Crippen molar-refractivity contribution in [3.8, 4) is 12.3 Å². The van der Waals surface area contributed by atoms with Crippen LogP contribution in [0.3, 0.4) is 0 Å². The molecule has 0 saturated carbocycles. The third-order valence-electron chi connectivity index (χ3n) is 2.56. The molecule has 4 nitrogen and oxygen atoms in total. The summed E-state index contributed by atoms with van der Waals surface area (Å²) in [5.74, 6) is 4.35. The van der Waals surface area contributed by atoms with Crippen LogP contribution >= 0.6 is 11.8 Å². The van der Waals surface area contributed by atoms with E-state index in [0.717, 1.165) is 50.9 Å². The van der Waals surface area contributed by atoms with Crippen molar-refractivity contribution < 1.29 is 9.84 Å². The molecule has 1 atom stereocenters. The first kappa shape index (κ1) is 14.8. The number of aliphatic hydroxyl groups excluding tert-OH is 1. The number of terminal acetylenes is 1. The number of rotatable bonds is 8. The molecule has 1 aliphatic rings. The van der Waals surface area contributed by atoms with Gasteiger partial charge in [0.15, 0.2) is 0 Å². The Bertz CT molecular complexity index is 227. The average molecular weight is 258 g/mol. The van der Waals surface area contributed by atoms with Crippen LogP contribution in [-0.2, 0) is 4.74 Å². The van der Waals surface area contributed by atoms with E-state index in [0.29, 0.717) is 6.54 Å². The van der Waals surface area contributed by atoms with Gasteiger partial charge in [-0.15, -0.1) is 18.2 Å². The van der Waals surface area contributed by atoms with Crippen LogP contribution in [0.5, 0.6) is 0 Å². The lowest BCUT2D eigenvalue weighted by atomic mass is 10.3. The SMILES string of the molecule is C#CCSCCNCC(O)CN1CCOCC1. The summed E-state index contributed by atoms with van der Waals surface area (Å²) in [7, 11) is 0. The van der Waals surface area contributed by atoms with Crippen molar-refractivity contribution in [2.24, 2.45) is 0 Å². The number of nitrogens with one attached hydrogen (secondary N) is 1. The first-order valence-corrected chi connectivity index (χ1v) is 7.18. The van der Waals surface area contributed by atoms with Crippen LogP contribution < -0.4 is 5.32 Å². The van der Waals surface area contributed by atoms with Gasteiger partial charge in [0.25, 0.3) is 0 Å². The van der Waals surface area contributed by atoms with Gasteiger partial charge in [0.05, 0.1) is 25.1 Å². The van der Waals surface area contributed by atoms with Crippen molar-refractivity contribution in [2.75, 3.05) is 57.4 Å². The summed E-state index contributed by atoms with van der Waals surface area (Å²) in [6.45, 7) is 5.68. The lowest BCUT2D eigenvalue weighted by Gasteiger charge is -2.28. The lowest BCUT2D eigenvalue weighted by molar-refractivity contribution is 0.0150. The zero-order valence-electron chi connectivity index (χ0n) is 10.2. The normalized spacial score (nSPS) is 18.8. The molecule has 0 aromatic heterocycles. The van der Waals surface area contributed by atoms with Gasteiger partial charge in [-0.05, 0) is 0 Å². The number of hydrogen-bond acceptors (Lipinski definition) is 5. The smallest absolute Gasteiger partial charge is 0.0791 e. The number of hydrogen-bond donors (Lipinski definition) is 2. The Balaban J connectivity index is 1.93. The molecule has 0 radical (unpaired) electrons. The number of β-amino-alcohol motifs (C(OH)–C–C–N with tert-alkyl or cyclic N) is 1. The maximum absolute atomic E-state index is 9.82. The van der Waals surface area contributed by atoms with E-state index in [9.17, 15) is 5.11 Å². The molecule has 0 aliphatic carbocycles. The largest absolute Gasteiger partial charge is 0.390 e. The van der Waals surface area contributed by atoms with Gasteiger partial charge in [0, 0.05) is 38.5 Å². The predicted octanol–water partition coefficient (Wildman–Crippen LogP) is -0.364. The fourth-order valence-electron chi connectivity index (χ4n) is 1.69. The van der Waals surface area contributed by atoms with Gasteiger partial charge in [-0.25, -0.2) is 0 Å². The molecule has 1 unspecified atom stereocenters. The minimum absolute atomic E-state index is 0.300. The highest BCUT2D eigenvalue weighted by Gasteiger charge is 2.14. The van der Waals surface area contributed by atoms with Gasteiger partial charge in [-0.1, -0.05) is 5.92 Å². The molecule has 1 aliphatic heterocycles. The molecule has 0 aromatic carbocycles. The molecule has 0 bridgehead atoms. The highest BCUT2D eigenvalue weighted by atomic mass is 32.2. The van der Waals surface area contributed by atoms with Crippen LogP contribution in [0.15, 0.2) is 0 Å². The molecular formula is C12H22N2O2S. The molecule has 1 heterocycles. The summed E-state index contributed by atoms with van der Waals surface area (Å²) in [4.78, 5) is 2.24. The van der Waals surface area contributed by atoms with E-state index in [4.69, 9.17) is 11.2 Å². The predicted molar refractivity (Wildman–Crippen MR) is 72.3 cm³/mol. The molecule has 1 rings (SSSR count). The first-order valence-electron chi connectivity index (χ1n) is 6.03. The molecule has 0 aromatic rings. The molecule has 5 heteroatoms. The van der Waals surface area contributed by atoms with Crippen LogP contribution in [0.4, 0.5) is 0 Å². The highest BCUT2D eigenvalue weighted by molar-refractivity contribution is 7.99. The van der Waals surface area contributed by atoms with Crippen molar-refractivity contribution in [3.05, 3.63) is 0 Å². The van der Waals surface area contributed by atoms with Crippen molar-refractivity contribution in [1.29, 1.82) is 0 Å². The summed E-state index contributed by atoms with van der Waals surface area (Å²) in [5.41, 5.74) is 0. The Morgan fingerprint density at radius 1 is 1.47 bits per heavy atom. The van der Waals surface area contributed by atoms with E-state index in [-0.39, 0.29) is 6.10 Å². The number of aliphatic hydroxyl groups is 1. The molecular weight excluding hydrogens is 236 g/mol. The Morgan fingerprint density at radius 3 is 2.94 bits per heavy atom. The van der Waals surface area contributed by atoms with Crippen LogP contribution in [0.2, 0.25) is 0 Å². The second kappa shape index (κ2) is 9.75. The number of ether oxygens (including phenoxy) is 1. The maximum atomic E-state index is 9.82. The third kappa shape index (κ3) is 7.63. The Labute approximate surface area is 108 Å². The van der Waals surface area contributed by atoms with E-state index >= 15 is 0 Å². The van der Waals surface area contributed by atoms with Crippen molar-refractivity contribution in [3.63, 3.8) is 0 Å². The van der Waals surface area contributed by atoms with Crippen molar-refractivity contribution in [2.45, 2.75) is 6.10 Å². The second-order valence-electron chi connectivity index (χ2n) is 4.03. The van der Waals surface area contributed by atoms with Gasteiger partial charge in [-0.2, -0.15) is 0 Å². The van der Waals surface area contributed by atoms with Crippen LogP contribution in [0.25, 0.3) is 0 Å². The van der Waals surface area contributed by atoms with Crippen molar-refractivity contribution in [1.82, 2.24) is 10.2 Å². The molecule has 0 spiro atoms. The van der Waals surface area contributed by atoms with E-state index in [1.807, 2.05) is 0 Å². The molecule has 1 fully saturated rings. The van der Waals surface area contributed by atoms with Crippen LogP contribution in [0, 0.1) is 12.3 Å². The Morgan fingerprint density at radius 2 is 2.24 bits per heavy atom. The van der Waals surface area contributed by atoms with E-state index in [2.05, 4.69) is 16.1 Å². The van der Waals surface area contributed by atoms with Gasteiger partial charge < -0.3 is 15.2 Å².